The Morgan fingerprint density at radius 1 is 0.595 bits per heavy atom. The number of carbonyl (C=O) groups is 2. The molecule has 0 radical (unpaired) electrons. The van der Waals surface area contributed by atoms with Crippen LogP contribution in [0.15, 0.2) is 24.3 Å². The van der Waals surface area contributed by atoms with Crippen molar-refractivity contribution in [2.75, 3.05) is 26.4 Å². The summed E-state index contributed by atoms with van der Waals surface area (Å²) in [5.41, 5.74) is 0.747. The lowest BCUT2D eigenvalue weighted by Gasteiger charge is -2.30. The molecule has 0 bridgehead atoms. The first-order valence-electron chi connectivity index (χ1n) is 14.5. The number of phenols is 2. The number of benzene rings is 2. The molecule has 0 saturated heterocycles. The molecule has 0 heterocycles. The van der Waals surface area contributed by atoms with Crippen molar-refractivity contribution in [2.24, 2.45) is 0 Å². The molecule has 0 saturated carbocycles. The Kier molecular flexibility index (Phi) is 10.9. The summed E-state index contributed by atoms with van der Waals surface area (Å²) >= 11 is 0. The van der Waals surface area contributed by atoms with E-state index in [1.54, 1.807) is 52.0 Å². The number of aliphatic carboxylic acids is 2. The summed E-state index contributed by atoms with van der Waals surface area (Å²) in [4.78, 5) is 24.7. The Balaban J connectivity index is 2.00. The van der Waals surface area contributed by atoms with Crippen molar-refractivity contribution in [3.63, 3.8) is 0 Å². The molecule has 2 rings (SSSR count). The van der Waals surface area contributed by atoms with E-state index in [4.69, 9.17) is 9.47 Å². The van der Waals surface area contributed by atoms with E-state index in [2.05, 4.69) is 0 Å². The molecule has 0 aromatic heterocycles. The third-order valence-corrected chi connectivity index (χ3v) is 8.30. The Morgan fingerprint density at radius 2 is 0.905 bits per heavy atom. The van der Waals surface area contributed by atoms with Crippen LogP contribution >= 0.6 is 0 Å². The van der Waals surface area contributed by atoms with Gasteiger partial charge in [-0.25, -0.2) is 0 Å². The van der Waals surface area contributed by atoms with Gasteiger partial charge in [0.2, 0.25) is 0 Å². The van der Waals surface area contributed by atoms with Crippen LogP contribution in [0.25, 0.3) is 0 Å². The largest absolute Gasteiger partial charge is 0.507 e. The number of aromatic hydroxyl groups is 2. The molecule has 8 nitrogen and oxygen atoms in total. The molecule has 8 heteroatoms. The van der Waals surface area contributed by atoms with Crippen LogP contribution < -0.4 is 0 Å². The number of hydrogen-bond donors (Lipinski definition) is 4. The molecule has 4 N–H and O–H groups in total. The molecule has 2 aromatic rings. The molecule has 42 heavy (non-hydrogen) atoms. The van der Waals surface area contributed by atoms with Crippen LogP contribution in [0.1, 0.15) is 102 Å². The second-order valence-corrected chi connectivity index (χ2v) is 13.9. The van der Waals surface area contributed by atoms with Gasteiger partial charge in [0.05, 0.1) is 24.0 Å². The third kappa shape index (κ3) is 7.84. The molecular formula is C34H50O8. The number of aryl methyl sites for hydroxylation is 2. The van der Waals surface area contributed by atoms with Crippen LogP contribution in [-0.4, -0.2) is 58.8 Å². The highest BCUT2D eigenvalue weighted by atomic mass is 16.5. The van der Waals surface area contributed by atoms with Crippen molar-refractivity contribution < 1.29 is 39.5 Å². The fourth-order valence-electron chi connectivity index (χ4n) is 4.96. The van der Waals surface area contributed by atoms with E-state index in [9.17, 15) is 30.0 Å². The number of carboxylic acids is 2. The maximum absolute atomic E-state index is 12.4. The zero-order valence-corrected chi connectivity index (χ0v) is 27.0. The van der Waals surface area contributed by atoms with Crippen molar-refractivity contribution >= 4 is 11.9 Å². The fourth-order valence-corrected chi connectivity index (χ4v) is 4.96. The number of hydrogen-bond acceptors (Lipinski definition) is 6. The monoisotopic (exact) mass is 586 g/mol. The van der Waals surface area contributed by atoms with E-state index >= 15 is 0 Å². The lowest BCUT2D eigenvalue weighted by Crippen LogP contribution is -2.35. The average Bonchev–Trinajstić information content (AvgIpc) is 2.86. The van der Waals surface area contributed by atoms with Gasteiger partial charge in [0.25, 0.3) is 0 Å². The third-order valence-electron chi connectivity index (χ3n) is 8.30. The van der Waals surface area contributed by atoms with E-state index in [1.807, 2.05) is 41.5 Å². The van der Waals surface area contributed by atoms with Crippen LogP contribution in [-0.2, 0) is 40.7 Å². The molecule has 0 aliphatic heterocycles. The fraction of sp³-hybridized carbons (Fsp3) is 0.588. The summed E-state index contributed by atoms with van der Waals surface area (Å²) in [5, 5.41) is 41.4. The van der Waals surface area contributed by atoms with Gasteiger partial charge >= 0.3 is 11.9 Å². The average molecular weight is 587 g/mol. The van der Waals surface area contributed by atoms with Gasteiger partial charge in [-0.05, 0) is 84.7 Å². The maximum Gasteiger partial charge on any atom is 0.313 e. The van der Waals surface area contributed by atoms with Gasteiger partial charge in [0.15, 0.2) is 0 Å². The van der Waals surface area contributed by atoms with Crippen LogP contribution in [0, 0.1) is 13.8 Å². The van der Waals surface area contributed by atoms with Crippen LogP contribution in [0.4, 0.5) is 0 Å². The standard InChI is InChI=1S/C34H50O8/c1-21-17-23(19-25(27(21)35)31(3,4)5)33(9,29(37)38)11-13-41-15-16-42-14-12-34(10,30(39)40)24-18-22(2)28(36)26(20-24)32(6,7)8/h17-20,35-36H,11-16H2,1-10H3,(H,37,38)(H,39,40). The van der Waals surface area contributed by atoms with E-state index in [0.29, 0.717) is 33.4 Å². The first-order chi connectivity index (χ1) is 19.2. The lowest BCUT2D eigenvalue weighted by molar-refractivity contribution is -0.145. The summed E-state index contributed by atoms with van der Waals surface area (Å²) in [6.07, 6.45) is 0.451. The highest BCUT2D eigenvalue weighted by molar-refractivity contribution is 5.82. The second kappa shape index (κ2) is 13.0. The van der Waals surface area contributed by atoms with Crippen molar-refractivity contribution in [2.45, 2.75) is 104 Å². The predicted molar refractivity (Wildman–Crippen MR) is 164 cm³/mol. The molecular weight excluding hydrogens is 536 g/mol. The van der Waals surface area contributed by atoms with Crippen LogP contribution in [0.3, 0.4) is 0 Å². The van der Waals surface area contributed by atoms with Gasteiger partial charge in [0.1, 0.15) is 11.5 Å². The molecule has 0 spiro atoms. The van der Waals surface area contributed by atoms with Gasteiger partial charge in [-0.2, -0.15) is 0 Å². The lowest BCUT2D eigenvalue weighted by atomic mass is 9.75. The van der Waals surface area contributed by atoms with Crippen molar-refractivity contribution in [1.82, 2.24) is 0 Å². The Hall–Kier alpha value is -3.10. The first kappa shape index (κ1) is 35.1. The first-order valence-corrected chi connectivity index (χ1v) is 14.5. The quantitative estimate of drug-likeness (QED) is 0.195. The highest BCUT2D eigenvalue weighted by Gasteiger charge is 2.38. The minimum Gasteiger partial charge on any atom is -0.507 e. The second-order valence-electron chi connectivity index (χ2n) is 13.9. The van der Waals surface area contributed by atoms with Gasteiger partial charge in [-0.15, -0.1) is 0 Å². The normalized spacial score (nSPS) is 15.2. The Labute approximate surface area is 250 Å². The summed E-state index contributed by atoms with van der Waals surface area (Å²) in [6.45, 7) is 19.5. The minimum absolute atomic E-state index is 0.182. The van der Waals surface area contributed by atoms with Gasteiger partial charge in [0, 0.05) is 13.2 Å². The summed E-state index contributed by atoms with van der Waals surface area (Å²) in [6, 6.07) is 7.00. The Morgan fingerprint density at radius 3 is 1.17 bits per heavy atom. The molecule has 2 atom stereocenters. The van der Waals surface area contributed by atoms with Gasteiger partial charge in [-0.1, -0.05) is 65.8 Å². The van der Waals surface area contributed by atoms with Gasteiger partial charge < -0.3 is 29.9 Å². The highest BCUT2D eigenvalue weighted by Crippen LogP contribution is 2.40. The molecule has 2 aromatic carbocycles. The zero-order valence-electron chi connectivity index (χ0n) is 27.0. The molecule has 0 fully saturated rings. The smallest absolute Gasteiger partial charge is 0.313 e. The van der Waals surface area contributed by atoms with Crippen LogP contribution in [0.5, 0.6) is 11.5 Å². The van der Waals surface area contributed by atoms with E-state index in [1.165, 1.54) is 0 Å². The van der Waals surface area contributed by atoms with Crippen molar-refractivity contribution in [3.8, 4) is 11.5 Å². The van der Waals surface area contributed by atoms with Gasteiger partial charge in [-0.3, -0.25) is 9.59 Å². The Bertz CT molecular complexity index is 1180. The molecule has 0 aliphatic carbocycles. The van der Waals surface area contributed by atoms with E-state index < -0.39 is 22.8 Å². The summed E-state index contributed by atoms with van der Waals surface area (Å²) in [5.74, 6) is -1.58. The molecule has 234 valence electrons. The molecule has 0 aliphatic rings. The SMILES string of the molecule is Cc1cc(C(C)(CCOCCOCCC(C)(C(=O)O)c2cc(C)c(O)c(C(C)(C)C)c2)C(=O)O)cc(C(C)(C)C)c1O. The topological polar surface area (TPSA) is 134 Å². The molecule has 2 unspecified atom stereocenters. The summed E-state index contributed by atoms with van der Waals surface area (Å²) < 4.78 is 11.4. The number of phenolic OH excluding ortho intramolecular Hbond substituents is 2. The van der Waals surface area contributed by atoms with E-state index in [0.717, 1.165) is 0 Å². The minimum atomic E-state index is -1.21. The molecule has 0 amide bonds. The van der Waals surface area contributed by atoms with Crippen LogP contribution in [0.2, 0.25) is 0 Å². The maximum atomic E-state index is 12.4. The summed E-state index contributed by atoms with van der Waals surface area (Å²) in [7, 11) is 0. The van der Waals surface area contributed by atoms with Crippen molar-refractivity contribution in [1.29, 1.82) is 0 Å². The van der Waals surface area contributed by atoms with E-state index in [-0.39, 0.29) is 61.6 Å². The zero-order chi connectivity index (χ0) is 32.3. The van der Waals surface area contributed by atoms with Crippen molar-refractivity contribution in [3.05, 3.63) is 57.6 Å². The number of rotatable bonds is 13. The predicted octanol–water partition coefficient (Wildman–Crippen LogP) is 6.51. The number of ether oxygens (including phenoxy) is 2. The number of carboxylic acid groups (broad SMARTS) is 2.